The van der Waals surface area contributed by atoms with Crippen molar-refractivity contribution in [2.45, 2.75) is 37.8 Å². The normalized spacial score (nSPS) is 26.2. The van der Waals surface area contributed by atoms with Crippen LogP contribution in [-0.4, -0.2) is 36.1 Å². The fourth-order valence-corrected chi connectivity index (χ4v) is 3.33. The third-order valence-electron chi connectivity index (χ3n) is 4.15. The van der Waals surface area contributed by atoms with E-state index in [-0.39, 0.29) is 23.6 Å². The van der Waals surface area contributed by atoms with Gasteiger partial charge in [0.1, 0.15) is 5.82 Å². The van der Waals surface area contributed by atoms with Crippen molar-refractivity contribution < 1.29 is 13.9 Å². The van der Waals surface area contributed by atoms with Gasteiger partial charge in [0.2, 0.25) is 0 Å². The Kier molecular flexibility index (Phi) is 3.94. The fourth-order valence-electron chi connectivity index (χ4n) is 3.17. The van der Waals surface area contributed by atoms with Crippen molar-refractivity contribution in [3.8, 4) is 0 Å². The van der Waals surface area contributed by atoms with Crippen LogP contribution in [0.25, 0.3) is 0 Å². The zero-order valence-electron chi connectivity index (χ0n) is 11.1. The van der Waals surface area contributed by atoms with Gasteiger partial charge >= 0.3 is 0 Å². The monoisotopic (exact) mass is 297 g/mol. The summed E-state index contributed by atoms with van der Waals surface area (Å²) < 4.78 is 19.7. The molecule has 0 aromatic heterocycles. The second-order valence-corrected chi connectivity index (χ2v) is 5.82. The van der Waals surface area contributed by atoms with Crippen molar-refractivity contribution in [3.63, 3.8) is 0 Å². The topological polar surface area (TPSA) is 29.5 Å². The van der Waals surface area contributed by atoms with Crippen molar-refractivity contribution >= 4 is 17.5 Å². The van der Waals surface area contributed by atoms with Gasteiger partial charge in [-0.1, -0.05) is 24.4 Å². The van der Waals surface area contributed by atoms with E-state index in [1.54, 1.807) is 11.0 Å². The Bertz CT molecular complexity index is 521. The van der Waals surface area contributed by atoms with Crippen molar-refractivity contribution in [3.05, 3.63) is 34.6 Å². The van der Waals surface area contributed by atoms with Crippen LogP contribution in [0, 0.1) is 5.82 Å². The first-order chi connectivity index (χ1) is 9.66. The Morgan fingerprint density at radius 2 is 2.15 bits per heavy atom. The molecule has 1 saturated carbocycles. The van der Waals surface area contributed by atoms with Crippen molar-refractivity contribution in [2.75, 3.05) is 13.2 Å². The number of hydrogen-bond donors (Lipinski definition) is 0. The third-order valence-corrected chi connectivity index (χ3v) is 4.39. The Labute approximate surface area is 122 Å². The molecule has 5 heteroatoms. The SMILES string of the molecule is O=C(c1ccc(Cl)cc1F)N1CCOC2CCCCC21. The molecule has 2 fully saturated rings. The van der Waals surface area contributed by atoms with E-state index in [4.69, 9.17) is 16.3 Å². The fraction of sp³-hybridized carbons (Fsp3) is 0.533. The molecule has 2 atom stereocenters. The zero-order chi connectivity index (χ0) is 14.1. The largest absolute Gasteiger partial charge is 0.374 e. The predicted octanol–water partition coefficient (Wildman–Crippen LogP) is 3.26. The highest BCUT2D eigenvalue weighted by Gasteiger charge is 2.37. The summed E-state index contributed by atoms with van der Waals surface area (Å²) in [6.45, 7) is 1.06. The summed E-state index contributed by atoms with van der Waals surface area (Å²) >= 11 is 5.73. The van der Waals surface area contributed by atoms with Crippen LogP contribution in [0.4, 0.5) is 4.39 Å². The molecule has 0 N–H and O–H groups in total. The maximum absolute atomic E-state index is 13.9. The van der Waals surface area contributed by atoms with Crippen molar-refractivity contribution in [1.29, 1.82) is 0 Å². The van der Waals surface area contributed by atoms with Gasteiger partial charge in [0, 0.05) is 11.6 Å². The van der Waals surface area contributed by atoms with Gasteiger partial charge in [-0.2, -0.15) is 0 Å². The van der Waals surface area contributed by atoms with E-state index >= 15 is 0 Å². The Morgan fingerprint density at radius 1 is 1.35 bits per heavy atom. The molecule has 0 spiro atoms. The molecule has 3 rings (SSSR count). The van der Waals surface area contributed by atoms with Gasteiger partial charge in [-0.25, -0.2) is 4.39 Å². The molecule has 0 bridgehead atoms. The summed E-state index contributed by atoms with van der Waals surface area (Å²) in [6, 6.07) is 4.29. The van der Waals surface area contributed by atoms with Gasteiger partial charge in [-0.15, -0.1) is 0 Å². The molecule has 1 heterocycles. The lowest BCUT2D eigenvalue weighted by atomic mass is 9.89. The van der Waals surface area contributed by atoms with Crippen molar-refractivity contribution in [1.82, 2.24) is 4.90 Å². The summed E-state index contributed by atoms with van der Waals surface area (Å²) in [7, 11) is 0. The smallest absolute Gasteiger partial charge is 0.257 e. The van der Waals surface area contributed by atoms with Crippen LogP contribution in [0.3, 0.4) is 0 Å². The number of amides is 1. The second-order valence-electron chi connectivity index (χ2n) is 5.38. The molecular formula is C15H17ClFNO2. The lowest BCUT2D eigenvalue weighted by molar-refractivity contribution is -0.0753. The summed E-state index contributed by atoms with van der Waals surface area (Å²) in [5.74, 6) is -0.805. The lowest BCUT2D eigenvalue weighted by Gasteiger charge is -2.43. The van der Waals surface area contributed by atoms with Crippen LogP contribution in [-0.2, 0) is 4.74 Å². The van der Waals surface area contributed by atoms with Gasteiger partial charge < -0.3 is 9.64 Å². The molecule has 1 aliphatic heterocycles. The number of hydrogen-bond acceptors (Lipinski definition) is 2. The molecule has 0 radical (unpaired) electrons. The van der Waals surface area contributed by atoms with Gasteiger partial charge in [-0.3, -0.25) is 4.79 Å². The van der Waals surface area contributed by atoms with E-state index in [1.165, 1.54) is 12.1 Å². The second kappa shape index (κ2) is 5.70. The number of carbonyl (C=O) groups excluding carboxylic acids is 1. The molecule has 1 saturated heterocycles. The van der Waals surface area contributed by atoms with Crippen LogP contribution in [0.15, 0.2) is 18.2 Å². The van der Waals surface area contributed by atoms with Gasteiger partial charge in [0.15, 0.2) is 0 Å². The molecule has 108 valence electrons. The molecule has 1 aliphatic carbocycles. The predicted molar refractivity (Wildman–Crippen MR) is 74.4 cm³/mol. The molecule has 2 unspecified atom stereocenters. The molecule has 2 aliphatic rings. The third kappa shape index (κ3) is 2.54. The van der Waals surface area contributed by atoms with Crippen LogP contribution in [0.2, 0.25) is 5.02 Å². The van der Waals surface area contributed by atoms with E-state index in [0.717, 1.165) is 25.7 Å². The average molecular weight is 298 g/mol. The minimum Gasteiger partial charge on any atom is -0.374 e. The molecule has 1 aromatic rings. The van der Waals surface area contributed by atoms with Gasteiger partial charge in [0.05, 0.1) is 24.3 Å². The number of fused-ring (bicyclic) bond motifs is 1. The number of nitrogens with zero attached hydrogens (tertiary/aromatic N) is 1. The Balaban J connectivity index is 1.85. The maximum atomic E-state index is 13.9. The number of morpholine rings is 1. The van der Waals surface area contributed by atoms with Crippen LogP contribution < -0.4 is 0 Å². The Morgan fingerprint density at radius 3 is 2.95 bits per heavy atom. The first-order valence-electron chi connectivity index (χ1n) is 7.04. The number of halogens is 2. The highest BCUT2D eigenvalue weighted by atomic mass is 35.5. The lowest BCUT2D eigenvalue weighted by Crippen LogP contribution is -2.54. The van der Waals surface area contributed by atoms with Crippen LogP contribution >= 0.6 is 11.6 Å². The van der Waals surface area contributed by atoms with Gasteiger partial charge in [-0.05, 0) is 31.0 Å². The minimum absolute atomic E-state index is 0.0834. The van der Waals surface area contributed by atoms with Gasteiger partial charge in [0.25, 0.3) is 5.91 Å². The molecular weight excluding hydrogens is 281 g/mol. The summed E-state index contributed by atoms with van der Waals surface area (Å²) in [4.78, 5) is 14.4. The maximum Gasteiger partial charge on any atom is 0.257 e. The number of benzene rings is 1. The van der Waals surface area contributed by atoms with E-state index in [0.29, 0.717) is 18.2 Å². The van der Waals surface area contributed by atoms with E-state index in [1.807, 2.05) is 0 Å². The van der Waals surface area contributed by atoms with E-state index in [9.17, 15) is 9.18 Å². The minimum atomic E-state index is -0.554. The molecule has 1 amide bonds. The number of rotatable bonds is 1. The van der Waals surface area contributed by atoms with E-state index in [2.05, 4.69) is 0 Å². The summed E-state index contributed by atoms with van der Waals surface area (Å²) in [5, 5.41) is 0.302. The van der Waals surface area contributed by atoms with Crippen LogP contribution in [0.1, 0.15) is 36.0 Å². The van der Waals surface area contributed by atoms with Crippen LogP contribution in [0.5, 0.6) is 0 Å². The first-order valence-corrected chi connectivity index (χ1v) is 7.42. The highest BCUT2D eigenvalue weighted by Crippen LogP contribution is 2.30. The average Bonchev–Trinajstić information content (AvgIpc) is 2.46. The standard InChI is InChI=1S/C15H17ClFNO2/c16-10-5-6-11(12(17)9-10)15(19)18-7-8-20-14-4-2-1-3-13(14)18/h5-6,9,13-14H,1-4,7-8H2. The molecule has 3 nitrogen and oxygen atoms in total. The zero-order valence-corrected chi connectivity index (χ0v) is 11.9. The Hall–Kier alpha value is -1.13. The number of carbonyl (C=O) groups is 1. The first kappa shape index (κ1) is 13.8. The van der Waals surface area contributed by atoms with Crippen molar-refractivity contribution in [2.24, 2.45) is 0 Å². The van der Waals surface area contributed by atoms with E-state index < -0.39 is 5.82 Å². The number of ether oxygens (including phenoxy) is 1. The highest BCUT2D eigenvalue weighted by molar-refractivity contribution is 6.30. The summed E-state index contributed by atoms with van der Waals surface area (Å²) in [6.07, 6.45) is 4.26. The quantitative estimate of drug-likeness (QED) is 0.796. The summed E-state index contributed by atoms with van der Waals surface area (Å²) in [5.41, 5.74) is 0.0978. The molecule has 20 heavy (non-hydrogen) atoms. The molecule has 1 aromatic carbocycles.